The molecule has 0 heterocycles. The standard InChI is InChI=1S/C9H8N4O5/c10-7(9(12(15)16)13(17)18)11-8(14)6-4-2-1-3-5-6/h1-5H,10H2,(H,11,14). The number of carbonyl (C=O) groups is 1. The van der Waals surface area contributed by atoms with Crippen molar-refractivity contribution in [1.29, 1.82) is 0 Å². The van der Waals surface area contributed by atoms with Gasteiger partial charge in [0.2, 0.25) is 0 Å². The van der Waals surface area contributed by atoms with Crippen LogP contribution in [-0.2, 0) is 0 Å². The minimum Gasteiger partial charge on any atom is -0.374 e. The molecule has 9 heteroatoms. The molecule has 0 aromatic heterocycles. The van der Waals surface area contributed by atoms with Crippen molar-refractivity contribution in [3.63, 3.8) is 0 Å². The maximum Gasteiger partial charge on any atom is 0.599 e. The lowest BCUT2D eigenvalue weighted by molar-refractivity contribution is -0.617. The third-order valence-corrected chi connectivity index (χ3v) is 1.87. The summed E-state index contributed by atoms with van der Waals surface area (Å²) in [4.78, 5) is 29.7. The molecule has 1 rings (SSSR count). The molecule has 0 radical (unpaired) electrons. The first-order chi connectivity index (χ1) is 8.43. The van der Waals surface area contributed by atoms with Crippen LogP contribution in [0.3, 0.4) is 0 Å². The maximum absolute atomic E-state index is 11.5. The fourth-order valence-corrected chi connectivity index (χ4v) is 1.10. The summed E-state index contributed by atoms with van der Waals surface area (Å²) in [5.41, 5.74) is 5.30. The van der Waals surface area contributed by atoms with E-state index < -0.39 is 27.4 Å². The molecule has 1 aromatic rings. The second-order valence-corrected chi connectivity index (χ2v) is 3.07. The fourth-order valence-electron chi connectivity index (χ4n) is 1.10. The smallest absolute Gasteiger partial charge is 0.374 e. The molecular formula is C9H8N4O5. The minimum absolute atomic E-state index is 0.173. The quantitative estimate of drug-likeness (QED) is 0.572. The predicted octanol–water partition coefficient (Wildman–Crippen LogP) is 0.0551. The fraction of sp³-hybridized carbons (Fsp3) is 0. The van der Waals surface area contributed by atoms with E-state index in [9.17, 15) is 25.0 Å². The number of benzene rings is 1. The first-order valence-electron chi connectivity index (χ1n) is 4.58. The highest BCUT2D eigenvalue weighted by Crippen LogP contribution is 2.02. The van der Waals surface area contributed by atoms with Gasteiger partial charge in [0.05, 0.1) is 0 Å². The molecule has 0 spiro atoms. The summed E-state index contributed by atoms with van der Waals surface area (Å²) in [6.07, 6.45) is 0. The molecule has 9 nitrogen and oxygen atoms in total. The Morgan fingerprint density at radius 2 is 1.61 bits per heavy atom. The normalized spacial score (nSPS) is 9.33. The molecule has 0 aliphatic heterocycles. The minimum atomic E-state index is -1.47. The van der Waals surface area contributed by atoms with E-state index in [4.69, 9.17) is 5.73 Å². The zero-order valence-corrected chi connectivity index (χ0v) is 8.90. The van der Waals surface area contributed by atoms with Crippen LogP contribution >= 0.6 is 0 Å². The molecule has 1 aromatic carbocycles. The molecule has 0 bridgehead atoms. The van der Waals surface area contributed by atoms with Gasteiger partial charge in [-0.25, -0.2) is 0 Å². The van der Waals surface area contributed by atoms with Gasteiger partial charge in [0.25, 0.3) is 11.7 Å². The lowest BCUT2D eigenvalue weighted by atomic mass is 10.2. The van der Waals surface area contributed by atoms with Crippen LogP contribution in [-0.4, -0.2) is 15.8 Å². The van der Waals surface area contributed by atoms with E-state index in [1.807, 2.05) is 5.32 Å². The number of hydrogen-bond acceptors (Lipinski definition) is 6. The van der Waals surface area contributed by atoms with E-state index in [1.54, 1.807) is 18.2 Å². The third kappa shape index (κ3) is 3.01. The molecule has 3 N–H and O–H groups in total. The first-order valence-corrected chi connectivity index (χ1v) is 4.58. The second-order valence-electron chi connectivity index (χ2n) is 3.07. The van der Waals surface area contributed by atoms with E-state index in [0.717, 1.165) is 0 Å². The molecule has 0 aliphatic carbocycles. The molecule has 94 valence electrons. The van der Waals surface area contributed by atoms with Gasteiger partial charge in [-0.15, -0.1) is 0 Å². The Morgan fingerprint density at radius 3 is 2.06 bits per heavy atom. The monoisotopic (exact) mass is 252 g/mol. The number of carbonyl (C=O) groups excluding carboxylic acids is 1. The second kappa shape index (κ2) is 5.39. The Kier molecular flexibility index (Phi) is 3.92. The number of nitrogens with two attached hydrogens (primary N) is 1. The van der Waals surface area contributed by atoms with Gasteiger partial charge in [0.1, 0.15) is 9.85 Å². The van der Waals surface area contributed by atoms with Gasteiger partial charge in [0.15, 0.2) is 0 Å². The van der Waals surface area contributed by atoms with Gasteiger partial charge in [-0.2, -0.15) is 0 Å². The Morgan fingerprint density at radius 1 is 1.11 bits per heavy atom. The van der Waals surface area contributed by atoms with Crippen LogP contribution in [0.5, 0.6) is 0 Å². The van der Waals surface area contributed by atoms with Crippen molar-refractivity contribution in [3.05, 3.63) is 67.8 Å². The molecule has 0 saturated carbocycles. The average Bonchev–Trinajstić information content (AvgIpc) is 2.28. The highest BCUT2D eigenvalue weighted by molar-refractivity contribution is 5.95. The average molecular weight is 252 g/mol. The van der Waals surface area contributed by atoms with E-state index in [1.165, 1.54) is 12.1 Å². The van der Waals surface area contributed by atoms with Crippen LogP contribution in [0, 0.1) is 20.2 Å². The molecule has 0 saturated heterocycles. The van der Waals surface area contributed by atoms with Crippen molar-refractivity contribution in [2.24, 2.45) is 5.73 Å². The number of nitrogens with one attached hydrogen (secondary N) is 1. The van der Waals surface area contributed by atoms with Crippen molar-refractivity contribution in [3.8, 4) is 0 Å². The maximum atomic E-state index is 11.5. The van der Waals surface area contributed by atoms with Gasteiger partial charge >= 0.3 is 5.82 Å². The van der Waals surface area contributed by atoms with Crippen LogP contribution in [0.1, 0.15) is 10.4 Å². The molecule has 18 heavy (non-hydrogen) atoms. The van der Waals surface area contributed by atoms with Gasteiger partial charge in [-0.1, -0.05) is 18.2 Å². The molecule has 0 fully saturated rings. The van der Waals surface area contributed by atoms with E-state index in [0.29, 0.717) is 0 Å². The summed E-state index contributed by atoms with van der Waals surface area (Å²) in [7, 11) is 0. The summed E-state index contributed by atoms with van der Waals surface area (Å²) >= 11 is 0. The summed E-state index contributed by atoms with van der Waals surface area (Å²) < 4.78 is 0. The molecule has 0 unspecified atom stereocenters. The lowest BCUT2D eigenvalue weighted by Gasteiger charge is -2.02. The Hall–Kier alpha value is -2.97. The Balaban J connectivity index is 2.97. The number of amides is 1. The number of hydrogen-bond donors (Lipinski definition) is 2. The number of rotatable bonds is 4. The van der Waals surface area contributed by atoms with Crippen LogP contribution in [0.4, 0.5) is 0 Å². The van der Waals surface area contributed by atoms with Gasteiger partial charge < -0.3 is 5.73 Å². The Labute approximate surface area is 100 Å². The first kappa shape index (κ1) is 13.1. The van der Waals surface area contributed by atoms with E-state index in [-0.39, 0.29) is 5.56 Å². The van der Waals surface area contributed by atoms with Gasteiger partial charge in [-0.05, 0) is 12.1 Å². The molecular weight excluding hydrogens is 244 g/mol. The van der Waals surface area contributed by atoms with Crippen LogP contribution < -0.4 is 11.1 Å². The topological polar surface area (TPSA) is 141 Å². The Bertz CT molecular complexity index is 509. The van der Waals surface area contributed by atoms with Crippen molar-refractivity contribution >= 4 is 5.91 Å². The van der Waals surface area contributed by atoms with Gasteiger partial charge in [-0.3, -0.25) is 30.3 Å². The van der Waals surface area contributed by atoms with E-state index >= 15 is 0 Å². The molecule has 0 aliphatic rings. The van der Waals surface area contributed by atoms with Gasteiger partial charge in [0, 0.05) is 5.56 Å². The zero-order valence-electron chi connectivity index (χ0n) is 8.90. The highest BCUT2D eigenvalue weighted by atomic mass is 16.7. The largest absolute Gasteiger partial charge is 0.599 e. The lowest BCUT2D eigenvalue weighted by Crippen LogP contribution is -2.32. The van der Waals surface area contributed by atoms with Crippen molar-refractivity contribution in [2.45, 2.75) is 0 Å². The van der Waals surface area contributed by atoms with Crippen molar-refractivity contribution < 1.29 is 14.6 Å². The summed E-state index contributed by atoms with van der Waals surface area (Å²) in [5, 5.41) is 22.6. The summed E-state index contributed by atoms with van der Waals surface area (Å²) in [6, 6.07) is 7.66. The highest BCUT2D eigenvalue weighted by Gasteiger charge is 2.32. The summed E-state index contributed by atoms with van der Waals surface area (Å²) in [6.45, 7) is 0. The van der Waals surface area contributed by atoms with Crippen LogP contribution in [0.15, 0.2) is 42.0 Å². The van der Waals surface area contributed by atoms with Crippen molar-refractivity contribution in [2.75, 3.05) is 0 Å². The molecule has 0 atom stereocenters. The summed E-state index contributed by atoms with van der Waals surface area (Å²) in [5.74, 6) is -3.16. The SMILES string of the molecule is NC(NC(=O)c1ccccc1)=C([N+](=O)[O-])[N+](=O)[O-]. The number of nitrogens with zero attached hydrogens (tertiary/aromatic N) is 2. The molecule has 1 amide bonds. The third-order valence-electron chi connectivity index (χ3n) is 1.87. The zero-order chi connectivity index (χ0) is 13.7. The predicted molar refractivity (Wildman–Crippen MR) is 59.1 cm³/mol. The van der Waals surface area contributed by atoms with E-state index in [2.05, 4.69) is 0 Å². The number of nitro groups is 2. The van der Waals surface area contributed by atoms with Crippen LogP contribution in [0.25, 0.3) is 0 Å². The van der Waals surface area contributed by atoms with Crippen LogP contribution in [0.2, 0.25) is 0 Å². The van der Waals surface area contributed by atoms with Crippen molar-refractivity contribution in [1.82, 2.24) is 5.32 Å².